The molecular formula is C32H33N7O2. The van der Waals surface area contributed by atoms with Crippen molar-refractivity contribution in [2.45, 2.75) is 19.3 Å². The first-order valence-electron chi connectivity index (χ1n) is 13.8. The average Bonchev–Trinajstić information content (AvgIpc) is 3.55. The highest BCUT2D eigenvalue weighted by molar-refractivity contribution is 6.12. The number of aliphatic imine (C=N–C) groups is 1. The SMILES string of the molecule is Cc1cc(C(=O)Nc2ccc(Cc3ccc4c(c3)C(C=Nc3ccc(N5CCN(C)CC5)cc3)C(=O)N4)cc2)n[nH]1. The maximum absolute atomic E-state index is 12.8. The van der Waals surface area contributed by atoms with Crippen LogP contribution in [0.25, 0.3) is 0 Å². The second kappa shape index (κ2) is 11.4. The number of hydrogen-bond acceptors (Lipinski definition) is 6. The second-order valence-corrected chi connectivity index (χ2v) is 10.7. The van der Waals surface area contributed by atoms with E-state index in [2.05, 4.69) is 60.9 Å². The molecule has 9 nitrogen and oxygen atoms in total. The van der Waals surface area contributed by atoms with Gasteiger partial charge in [-0.05, 0) is 85.6 Å². The number of H-pyrrole nitrogens is 1. The fourth-order valence-corrected chi connectivity index (χ4v) is 5.24. The molecule has 0 bridgehead atoms. The number of aryl methyl sites for hydroxylation is 1. The lowest BCUT2D eigenvalue weighted by Crippen LogP contribution is -2.44. The third kappa shape index (κ3) is 6.05. The van der Waals surface area contributed by atoms with E-state index in [1.807, 2.05) is 55.5 Å². The molecule has 3 N–H and O–H groups in total. The molecule has 0 saturated carbocycles. The standard InChI is InChI=1S/C32H33N7O2/c1-21-17-30(37-36-21)32(41)34-25-6-3-22(4-7-25)18-23-5-12-29-27(19-23)28(31(40)35-29)20-33-24-8-10-26(11-9-24)39-15-13-38(2)14-16-39/h3-12,17,19-20,28H,13-16,18H2,1-2H3,(H,34,41)(H,35,40)(H,36,37). The number of likely N-dealkylation sites (N-methyl/N-ethyl adjacent to an activating group) is 1. The Balaban J connectivity index is 1.10. The number of hydrogen-bond donors (Lipinski definition) is 3. The Morgan fingerprint density at radius 1 is 1.00 bits per heavy atom. The third-order valence-electron chi connectivity index (χ3n) is 7.64. The summed E-state index contributed by atoms with van der Waals surface area (Å²) < 4.78 is 0. The molecule has 0 aliphatic carbocycles. The van der Waals surface area contributed by atoms with Crippen LogP contribution in [0.4, 0.5) is 22.7 Å². The van der Waals surface area contributed by atoms with Gasteiger partial charge in [-0.3, -0.25) is 19.7 Å². The normalized spacial score (nSPS) is 17.1. The lowest BCUT2D eigenvalue weighted by atomic mass is 9.96. The Morgan fingerprint density at radius 3 is 2.44 bits per heavy atom. The third-order valence-corrected chi connectivity index (χ3v) is 7.64. The molecule has 3 aromatic carbocycles. The molecule has 1 fully saturated rings. The van der Waals surface area contributed by atoms with Crippen LogP contribution >= 0.6 is 0 Å². The number of carbonyl (C=O) groups is 2. The number of carbonyl (C=O) groups excluding carboxylic acids is 2. The highest BCUT2D eigenvalue weighted by Gasteiger charge is 2.29. The Hall–Kier alpha value is -4.76. The fourth-order valence-electron chi connectivity index (χ4n) is 5.24. The van der Waals surface area contributed by atoms with Gasteiger partial charge in [0.2, 0.25) is 5.91 Å². The van der Waals surface area contributed by atoms with E-state index in [9.17, 15) is 9.59 Å². The largest absolute Gasteiger partial charge is 0.369 e. The number of fused-ring (bicyclic) bond motifs is 1. The van der Waals surface area contributed by atoms with Gasteiger partial charge in [0.1, 0.15) is 5.92 Å². The molecular weight excluding hydrogens is 514 g/mol. The molecule has 2 aliphatic rings. The quantitative estimate of drug-likeness (QED) is 0.290. The lowest BCUT2D eigenvalue weighted by molar-refractivity contribution is -0.115. The minimum atomic E-state index is -0.439. The van der Waals surface area contributed by atoms with Crippen molar-refractivity contribution in [2.75, 3.05) is 48.8 Å². The lowest BCUT2D eigenvalue weighted by Gasteiger charge is -2.34. The van der Waals surface area contributed by atoms with Crippen molar-refractivity contribution in [3.05, 3.63) is 101 Å². The molecule has 4 aromatic rings. The van der Waals surface area contributed by atoms with Gasteiger partial charge in [0.25, 0.3) is 5.91 Å². The van der Waals surface area contributed by atoms with Gasteiger partial charge in [-0.1, -0.05) is 24.3 Å². The number of benzene rings is 3. The molecule has 41 heavy (non-hydrogen) atoms. The zero-order chi connectivity index (χ0) is 28.3. The summed E-state index contributed by atoms with van der Waals surface area (Å²) in [6.07, 6.45) is 2.44. The smallest absolute Gasteiger partial charge is 0.276 e. The van der Waals surface area contributed by atoms with E-state index in [1.165, 1.54) is 5.69 Å². The van der Waals surface area contributed by atoms with Gasteiger partial charge in [-0.15, -0.1) is 0 Å². The number of nitrogens with zero attached hydrogens (tertiary/aromatic N) is 4. The molecule has 9 heteroatoms. The summed E-state index contributed by atoms with van der Waals surface area (Å²) >= 11 is 0. The Kier molecular flexibility index (Phi) is 7.35. The minimum absolute atomic E-state index is 0.0674. The van der Waals surface area contributed by atoms with Crippen LogP contribution in [-0.4, -0.2) is 66.4 Å². The topological polar surface area (TPSA) is 106 Å². The highest BCUT2D eigenvalue weighted by atomic mass is 16.2. The van der Waals surface area contributed by atoms with Crippen LogP contribution in [0.1, 0.15) is 38.8 Å². The van der Waals surface area contributed by atoms with Gasteiger partial charge in [-0.25, -0.2) is 0 Å². The predicted octanol–water partition coefficient (Wildman–Crippen LogP) is 4.75. The van der Waals surface area contributed by atoms with Crippen LogP contribution in [0, 0.1) is 6.92 Å². The van der Waals surface area contributed by atoms with Gasteiger partial charge in [0, 0.05) is 55.1 Å². The molecule has 1 unspecified atom stereocenters. The molecule has 0 radical (unpaired) electrons. The molecule has 2 amide bonds. The Bertz CT molecular complexity index is 1580. The summed E-state index contributed by atoms with van der Waals surface area (Å²) in [7, 11) is 2.15. The zero-order valence-corrected chi connectivity index (χ0v) is 23.2. The first-order chi connectivity index (χ1) is 19.9. The van der Waals surface area contributed by atoms with Crippen LogP contribution < -0.4 is 15.5 Å². The predicted molar refractivity (Wildman–Crippen MR) is 163 cm³/mol. The molecule has 1 saturated heterocycles. The number of anilines is 3. The van der Waals surface area contributed by atoms with Gasteiger partial charge in [0.15, 0.2) is 5.69 Å². The number of aromatic nitrogens is 2. The van der Waals surface area contributed by atoms with Gasteiger partial charge >= 0.3 is 0 Å². The van der Waals surface area contributed by atoms with E-state index in [0.29, 0.717) is 17.8 Å². The first-order valence-corrected chi connectivity index (χ1v) is 13.8. The van der Waals surface area contributed by atoms with E-state index in [4.69, 9.17) is 0 Å². The van der Waals surface area contributed by atoms with Crippen molar-refractivity contribution in [3.8, 4) is 0 Å². The summed E-state index contributed by atoms with van der Waals surface area (Å²) in [5, 5.41) is 12.6. The second-order valence-electron chi connectivity index (χ2n) is 10.7. The molecule has 1 aromatic heterocycles. The van der Waals surface area contributed by atoms with Crippen molar-refractivity contribution in [2.24, 2.45) is 4.99 Å². The molecule has 2 aliphatic heterocycles. The van der Waals surface area contributed by atoms with E-state index in [-0.39, 0.29) is 11.8 Å². The van der Waals surface area contributed by atoms with E-state index in [0.717, 1.165) is 59.9 Å². The van der Waals surface area contributed by atoms with Crippen LogP contribution in [0.3, 0.4) is 0 Å². The minimum Gasteiger partial charge on any atom is -0.369 e. The molecule has 0 spiro atoms. The van der Waals surface area contributed by atoms with Crippen molar-refractivity contribution >= 4 is 40.8 Å². The van der Waals surface area contributed by atoms with E-state index < -0.39 is 5.92 Å². The molecule has 3 heterocycles. The van der Waals surface area contributed by atoms with Crippen LogP contribution in [0.2, 0.25) is 0 Å². The Labute approximate surface area is 239 Å². The summed E-state index contributed by atoms with van der Waals surface area (Å²) in [6.45, 7) is 6.02. The van der Waals surface area contributed by atoms with Crippen LogP contribution in [0.5, 0.6) is 0 Å². The Morgan fingerprint density at radius 2 is 1.73 bits per heavy atom. The summed E-state index contributed by atoms with van der Waals surface area (Å²) in [5.41, 5.74) is 7.88. The van der Waals surface area contributed by atoms with Crippen LogP contribution in [-0.2, 0) is 11.2 Å². The average molecular weight is 548 g/mol. The van der Waals surface area contributed by atoms with E-state index in [1.54, 1.807) is 12.3 Å². The van der Waals surface area contributed by atoms with Gasteiger partial charge in [0.05, 0.1) is 5.69 Å². The fraction of sp³-hybridized carbons (Fsp3) is 0.250. The number of rotatable bonds is 7. The molecule has 6 rings (SSSR count). The summed E-state index contributed by atoms with van der Waals surface area (Å²) in [4.78, 5) is 34.5. The van der Waals surface area contributed by atoms with Crippen molar-refractivity contribution in [1.82, 2.24) is 15.1 Å². The number of amides is 2. The number of nitrogens with one attached hydrogen (secondary N) is 3. The summed E-state index contributed by atoms with van der Waals surface area (Å²) in [5.74, 6) is -0.760. The highest BCUT2D eigenvalue weighted by Crippen LogP contribution is 2.33. The van der Waals surface area contributed by atoms with Crippen molar-refractivity contribution < 1.29 is 9.59 Å². The maximum atomic E-state index is 12.8. The van der Waals surface area contributed by atoms with Crippen LogP contribution in [0.15, 0.2) is 77.8 Å². The monoisotopic (exact) mass is 547 g/mol. The number of piperazine rings is 1. The maximum Gasteiger partial charge on any atom is 0.276 e. The first kappa shape index (κ1) is 26.5. The summed E-state index contributed by atoms with van der Waals surface area (Å²) in [6, 6.07) is 23.8. The number of aromatic amines is 1. The zero-order valence-electron chi connectivity index (χ0n) is 23.2. The van der Waals surface area contributed by atoms with Gasteiger partial charge < -0.3 is 20.4 Å². The molecule has 1 atom stereocenters. The molecule has 208 valence electrons. The van der Waals surface area contributed by atoms with Crippen molar-refractivity contribution in [3.63, 3.8) is 0 Å². The van der Waals surface area contributed by atoms with Gasteiger partial charge in [-0.2, -0.15) is 5.10 Å². The van der Waals surface area contributed by atoms with E-state index >= 15 is 0 Å². The van der Waals surface area contributed by atoms with Crippen molar-refractivity contribution in [1.29, 1.82) is 0 Å².